The number of piperazine rings is 1. The maximum absolute atomic E-state index is 13.5. The SMILES string of the molecule is COc1cc(N2CCN(C(=O)C3CCCOC3)CC2)ccc1F. The monoisotopic (exact) mass is 322 g/mol. The van der Waals surface area contributed by atoms with Crippen molar-refractivity contribution >= 4 is 11.6 Å². The van der Waals surface area contributed by atoms with Gasteiger partial charge in [-0.1, -0.05) is 0 Å². The average molecular weight is 322 g/mol. The summed E-state index contributed by atoms with van der Waals surface area (Å²) in [5, 5.41) is 0. The third-order valence-corrected chi connectivity index (χ3v) is 4.60. The van der Waals surface area contributed by atoms with Gasteiger partial charge in [0.25, 0.3) is 0 Å². The van der Waals surface area contributed by atoms with Crippen LogP contribution in [0.15, 0.2) is 18.2 Å². The van der Waals surface area contributed by atoms with Crippen molar-refractivity contribution in [2.75, 3.05) is 51.4 Å². The smallest absolute Gasteiger partial charge is 0.228 e. The van der Waals surface area contributed by atoms with E-state index in [0.29, 0.717) is 19.7 Å². The summed E-state index contributed by atoms with van der Waals surface area (Å²) in [7, 11) is 1.46. The molecule has 0 bridgehead atoms. The van der Waals surface area contributed by atoms with Crippen molar-refractivity contribution in [3.8, 4) is 5.75 Å². The number of rotatable bonds is 3. The molecule has 1 amide bonds. The van der Waals surface area contributed by atoms with Crippen molar-refractivity contribution < 1.29 is 18.7 Å². The van der Waals surface area contributed by atoms with Gasteiger partial charge in [-0.05, 0) is 25.0 Å². The fourth-order valence-corrected chi connectivity index (χ4v) is 3.22. The van der Waals surface area contributed by atoms with Crippen LogP contribution in [0.4, 0.5) is 10.1 Å². The molecule has 0 spiro atoms. The van der Waals surface area contributed by atoms with Gasteiger partial charge in [0.05, 0.1) is 19.6 Å². The minimum Gasteiger partial charge on any atom is -0.494 e. The quantitative estimate of drug-likeness (QED) is 0.852. The van der Waals surface area contributed by atoms with E-state index in [0.717, 1.165) is 38.2 Å². The lowest BCUT2D eigenvalue weighted by Crippen LogP contribution is -2.51. The van der Waals surface area contributed by atoms with Gasteiger partial charge in [0, 0.05) is 44.5 Å². The van der Waals surface area contributed by atoms with Gasteiger partial charge in [-0.25, -0.2) is 4.39 Å². The normalized spacial score (nSPS) is 22.1. The Morgan fingerprint density at radius 3 is 2.74 bits per heavy atom. The molecular formula is C17H23FN2O3. The van der Waals surface area contributed by atoms with E-state index in [9.17, 15) is 9.18 Å². The number of benzene rings is 1. The van der Waals surface area contributed by atoms with Gasteiger partial charge in [-0.15, -0.1) is 0 Å². The molecule has 2 saturated heterocycles. The molecule has 1 unspecified atom stereocenters. The lowest BCUT2D eigenvalue weighted by atomic mass is 10.0. The Kier molecular flexibility index (Phi) is 5.00. The van der Waals surface area contributed by atoms with Crippen molar-refractivity contribution in [3.63, 3.8) is 0 Å². The first-order valence-electron chi connectivity index (χ1n) is 8.14. The van der Waals surface area contributed by atoms with Crippen LogP contribution in [0.5, 0.6) is 5.75 Å². The molecule has 1 aromatic rings. The summed E-state index contributed by atoms with van der Waals surface area (Å²) in [6.45, 7) is 4.18. The van der Waals surface area contributed by atoms with Gasteiger partial charge in [-0.3, -0.25) is 4.79 Å². The van der Waals surface area contributed by atoms with E-state index in [2.05, 4.69) is 4.90 Å². The molecule has 2 aliphatic rings. The van der Waals surface area contributed by atoms with Crippen molar-refractivity contribution in [2.24, 2.45) is 5.92 Å². The van der Waals surface area contributed by atoms with Gasteiger partial charge in [0.15, 0.2) is 11.6 Å². The second kappa shape index (κ2) is 7.17. The molecule has 0 aromatic heterocycles. The highest BCUT2D eigenvalue weighted by Gasteiger charge is 2.29. The number of methoxy groups -OCH3 is 1. The first-order chi connectivity index (χ1) is 11.2. The van der Waals surface area contributed by atoms with E-state index in [-0.39, 0.29) is 23.4 Å². The standard InChI is InChI=1S/C17H23FN2O3/c1-22-16-11-14(4-5-15(16)18)19-6-8-20(9-7-19)17(21)13-3-2-10-23-12-13/h4-5,11,13H,2-3,6-10,12H2,1H3. The second-order valence-electron chi connectivity index (χ2n) is 6.05. The zero-order chi connectivity index (χ0) is 16.2. The molecule has 126 valence electrons. The number of nitrogens with zero attached hydrogens (tertiary/aromatic N) is 2. The minimum atomic E-state index is -0.359. The van der Waals surface area contributed by atoms with Crippen LogP contribution >= 0.6 is 0 Å². The lowest BCUT2D eigenvalue weighted by molar-refractivity contribution is -0.140. The fourth-order valence-electron chi connectivity index (χ4n) is 3.22. The molecule has 1 aromatic carbocycles. The van der Waals surface area contributed by atoms with Gasteiger partial charge >= 0.3 is 0 Å². The lowest BCUT2D eigenvalue weighted by Gasteiger charge is -2.38. The second-order valence-corrected chi connectivity index (χ2v) is 6.05. The van der Waals surface area contributed by atoms with Crippen molar-refractivity contribution in [2.45, 2.75) is 12.8 Å². The number of anilines is 1. The number of carbonyl (C=O) groups is 1. The van der Waals surface area contributed by atoms with Crippen LogP contribution in [0, 0.1) is 11.7 Å². The molecular weight excluding hydrogens is 299 g/mol. The van der Waals surface area contributed by atoms with Gasteiger partial charge < -0.3 is 19.3 Å². The molecule has 2 heterocycles. The van der Waals surface area contributed by atoms with Crippen LogP contribution in [0.2, 0.25) is 0 Å². The largest absolute Gasteiger partial charge is 0.494 e. The van der Waals surface area contributed by atoms with E-state index in [4.69, 9.17) is 9.47 Å². The van der Waals surface area contributed by atoms with Crippen molar-refractivity contribution in [1.29, 1.82) is 0 Å². The topological polar surface area (TPSA) is 42.0 Å². The summed E-state index contributed by atoms with van der Waals surface area (Å²) >= 11 is 0. The molecule has 6 heteroatoms. The van der Waals surface area contributed by atoms with E-state index in [1.165, 1.54) is 13.2 Å². The first kappa shape index (κ1) is 16.1. The van der Waals surface area contributed by atoms with Gasteiger partial charge in [-0.2, -0.15) is 0 Å². The molecule has 2 aliphatic heterocycles. The van der Waals surface area contributed by atoms with Crippen molar-refractivity contribution in [3.05, 3.63) is 24.0 Å². The molecule has 0 radical (unpaired) electrons. The summed E-state index contributed by atoms with van der Waals surface area (Å²) in [6, 6.07) is 4.89. The number of amides is 1. The third-order valence-electron chi connectivity index (χ3n) is 4.60. The van der Waals surface area contributed by atoms with Gasteiger partial charge in [0.1, 0.15) is 0 Å². The summed E-state index contributed by atoms with van der Waals surface area (Å²) < 4.78 is 24.0. The Balaban J connectivity index is 1.58. The maximum atomic E-state index is 13.5. The predicted octanol–water partition coefficient (Wildman–Crippen LogP) is 1.91. The molecule has 23 heavy (non-hydrogen) atoms. The number of carbonyl (C=O) groups excluding carboxylic acids is 1. The third kappa shape index (κ3) is 3.58. The number of hydrogen-bond acceptors (Lipinski definition) is 4. The fraction of sp³-hybridized carbons (Fsp3) is 0.588. The summed E-state index contributed by atoms with van der Waals surface area (Å²) in [6.07, 6.45) is 1.89. The van der Waals surface area contributed by atoms with E-state index >= 15 is 0 Å². The molecule has 0 aliphatic carbocycles. The maximum Gasteiger partial charge on any atom is 0.228 e. The highest BCUT2D eigenvalue weighted by Crippen LogP contribution is 2.26. The Labute approximate surface area is 136 Å². The number of ether oxygens (including phenoxy) is 2. The average Bonchev–Trinajstić information content (AvgIpc) is 2.62. The number of halogens is 1. The van der Waals surface area contributed by atoms with E-state index in [1.54, 1.807) is 12.1 Å². The molecule has 1 atom stereocenters. The van der Waals surface area contributed by atoms with E-state index < -0.39 is 0 Å². The molecule has 3 rings (SSSR count). The van der Waals surface area contributed by atoms with Crippen LogP contribution in [0.3, 0.4) is 0 Å². The van der Waals surface area contributed by atoms with Crippen LogP contribution in [-0.4, -0.2) is 57.3 Å². The molecule has 0 saturated carbocycles. The molecule has 5 nitrogen and oxygen atoms in total. The summed E-state index contributed by atoms with van der Waals surface area (Å²) in [5.74, 6) is 0.116. The molecule has 2 fully saturated rings. The highest BCUT2D eigenvalue weighted by atomic mass is 19.1. The van der Waals surface area contributed by atoms with Crippen molar-refractivity contribution in [1.82, 2.24) is 4.90 Å². The van der Waals surface area contributed by atoms with Gasteiger partial charge in [0.2, 0.25) is 5.91 Å². The summed E-state index contributed by atoms with van der Waals surface area (Å²) in [5.41, 5.74) is 0.927. The summed E-state index contributed by atoms with van der Waals surface area (Å²) in [4.78, 5) is 16.6. The van der Waals surface area contributed by atoms with Crippen LogP contribution in [0.1, 0.15) is 12.8 Å². The molecule has 0 N–H and O–H groups in total. The Bertz CT molecular complexity index is 553. The Hall–Kier alpha value is -1.82. The zero-order valence-corrected chi connectivity index (χ0v) is 13.5. The zero-order valence-electron chi connectivity index (χ0n) is 13.5. The Morgan fingerprint density at radius 1 is 1.30 bits per heavy atom. The highest BCUT2D eigenvalue weighted by molar-refractivity contribution is 5.79. The van der Waals surface area contributed by atoms with Crippen LogP contribution < -0.4 is 9.64 Å². The van der Waals surface area contributed by atoms with E-state index in [1.807, 2.05) is 4.90 Å². The van der Waals surface area contributed by atoms with Crippen LogP contribution in [-0.2, 0) is 9.53 Å². The van der Waals surface area contributed by atoms with Crippen LogP contribution in [0.25, 0.3) is 0 Å². The Morgan fingerprint density at radius 2 is 2.09 bits per heavy atom. The number of hydrogen-bond donors (Lipinski definition) is 0. The predicted molar refractivity (Wildman–Crippen MR) is 85.3 cm³/mol. The minimum absolute atomic E-state index is 0.0150. The first-order valence-corrected chi connectivity index (χ1v) is 8.14.